The van der Waals surface area contributed by atoms with Crippen LogP contribution in [-0.2, 0) is 4.74 Å². The third-order valence-electron chi connectivity index (χ3n) is 1.95. The molecule has 1 aliphatic heterocycles. The molecule has 6 N–H and O–H groups in total. The van der Waals surface area contributed by atoms with Crippen molar-refractivity contribution >= 4 is 0 Å². The van der Waals surface area contributed by atoms with E-state index in [2.05, 4.69) is 0 Å². The van der Waals surface area contributed by atoms with Crippen molar-refractivity contribution < 1.29 is 25.2 Å². The SMILES string of the molecule is N[C@@H]1C(O)C(O)C(CO)O[C@@H]1O. The van der Waals surface area contributed by atoms with E-state index in [1.165, 1.54) is 0 Å². The topological polar surface area (TPSA) is 116 Å². The lowest BCUT2D eigenvalue weighted by molar-refractivity contribution is -0.248. The molecular weight excluding hydrogens is 166 g/mol. The summed E-state index contributed by atoms with van der Waals surface area (Å²) < 4.78 is 4.70. The van der Waals surface area contributed by atoms with Gasteiger partial charge in [0.25, 0.3) is 0 Å². The summed E-state index contributed by atoms with van der Waals surface area (Å²) in [7, 11) is 0. The van der Waals surface area contributed by atoms with E-state index >= 15 is 0 Å². The minimum absolute atomic E-state index is 0.470. The molecule has 0 aliphatic carbocycles. The molecule has 0 bridgehead atoms. The second-order valence-electron chi connectivity index (χ2n) is 2.81. The van der Waals surface area contributed by atoms with Gasteiger partial charge in [0.1, 0.15) is 18.3 Å². The van der Waals surface area contributed by atoms with Gasteiger partial charge in [0.15, 0.2) is 6.29 Å². The number of hydrogen-bond donors (Lipinski definition) is 5. The number of nitrogens with two attached hydrogens (primary N) is 1. The summed E-state index contributed by atoms with van der Waals surface area (Å²) >= 11 is 0. The fraction of sp³-hybridized carbons (Fsp3) is 1.00. The van der Waals surface area contributed by atoms with Crippen LogP contribution in [0.1, 0.15) is 0 Å². The minimum atomic E-state index is -1.35. The smallest absolute Gasteiger partial charge is 0.173 e. The van der Waals surface area contributed by atoms with Crippen molar-refractivity contribution in [2.75, 3.05) is 6.61 Å². The van der Waals surface area contributed by atoms with E-state index in [0.29, 0.717) is 0 Å². The molecule has 5 atom stereocenters. The molecule has 6 nitrogen and oxygen atoms in total. The molecule has 6 heteroatoms. The van der Waals surface area contributed by atoms with Crippen LogP contribution in [0, 0.1) is 0 Å². The Morgan fingerprint density at radius 1 is 1.17 bits per heavy atom. The van der Waals surface area contributed by atoms with Gasteiger partial charge < -0.3 is 30.9 Å². The van der Waals surface area contributed by atoms with Crippen molar-refractivity contribution in [3.8, 4) is 0 Å². The number of aliphatic hydroxyl groups is 4. The molecule has 1 heterocycles. The molecule has 3 unspecified atom stereocenters. The Balaban J connectivity index is 2.63. The molecule has 0 aromatic carbocycles. The third kappa shape index (κ3) is 1.58. The molecule has 72 valence electrons. The monoisotopic (exact) mass is 179 g/mol. The van der Waals surface area contributed by atoms with Crippen LogP contribution in [0.3, 0.4) is 0 Å². The molecular formula is C6H13NO5. The maximum Gasteiger partial charge on any atom is 0.173 e. The van der Waals surface area contributed by atoms with Crippen LogP contribution >= 0.6 is 0 Å². The molecule has 1 saturated heterocycles. The van der Waals surface area contributed by atoms with Gasteiger partial charge in [-0.1, -0.05) is 0 Å². The van der Waals surface area contributed by atoms with E-state index in [9.17, 15) is 10.2 Å². The highest BCUT2D eigenvalue weighted by atomic mass is 16.6. The van der Waals surface area contributed by atoms with Gasteiger partial charge >= 0.3 is 0 Å². The Labute approximate surface area is 69.2 Å². The molecule has 0 saturated carbocycles. The van der Waals surface area contributed by atoms with Gasteiger partial charge in [-0.2, -0.15) is 0 Å². The second-order valence-corrected chi connectivity index (χ2v) is 2.81. The summed E-state index contributed by atoms with van der Waals surface area (Å²) in [6.07, 6.45) is -4.85. The lowest BCUT2D eigenvalue weighted by atomic mass is 9.98. The van der Waals surface area contributed by atoms with Gasteiger partial charge in [-0.15, -0.1) is 0 Å². The van der Waals surface area contributed by atoms with Gasteiger partial charge in [0.2, 0.25) is 0 Å². The highest BCUT2D eigenvalue weighted by Gasteiger charge is 2.41. The van der Waals surface area contributed by atoms with E-state index in [-0.39, 0.29) is 0 Å². The summed E-state index contributed by atoms with van der Waals surface area (Å²) in [5, 5.41) is 36.1. The molecule has 0 spiro atoms. The Morgan fingerprint density at radius 2 is 1.75 bits per heavy atom. The van der Waals surface area contributed by atoms with Crippen molar-refractivity contribution in [1.29, 1.82) is 0 Å². The van der Waals surface area contributed by atoms with Crippen molar-refractivity contribution in [1.82, 2.24) is 0 Å². The van der Waals surface area contributed by atoms with Crippen molar-refractivity contribution in [2.45, 2.75) is 30.6 Å². The van der Waals surface area contributed by atoms with Gasteiger partial charge in [0.05, 0.1) is 12.6 Å². The molecule has 0 amide bonds. The largest absolute Gasteiger partial charge is 0.394 e. The zero-order valence-corrected chi connectivity index (χ0v) is 6.37. The first-order valence-corrected chi connectivity index (χ1v) is 3.64. The average Bonchev–Trinajstić information content (AvgIpc) is 2.08. The van der Waals surface area contributed by atoms with Gasteiger partial charge in [-0.05, 0) is 0 Å². The normalized spacial score (nSPS) is 49.2. The zero-order valence-electron chi connectivity index (χ0n) is 6.37. The van der Waals surface area contributed by atoms with Crippen LogP contribution in [0.25, 0.3) is 0 Å². The minimum Gasteiger partial charge on any atom is -0.394 e. The highest BCUT2D eigenvalue weighted by Crippen LogP contribution is 2.17. The summed E-state index contributed by atoms with van der Waals surface area (Å²) in [5.41, 5.74) is 5.26. The first kappa shape index (κ1) is 9.85. The average molecular weight is 179 g/mol. The summed E-state index contributed by atoms with van der Waals surface area (Å²) in [6.45, 7) is -0.470. The van der Waals surface area contributed by atoms with Crippen molar-refractivity contribution in [3.63, 3.8) is 0 Å². The van der Waals surface area contributed by atoms with Crippen LogP contribution in [0.2, 0.25) is 0 Å². The predicted molar refractivity (Wildman–Crippen MR) is 38.0 cm³/mol. The summed E-state index contributed by atoms with van der Waals surface area (Å²) in [4.78, 5) is 0. The maximum atomic E-state index is 9.20. The van der Waals surface area contributed by atoms with Crippen LogP contribution in [-0.4, -0.2) is 57.7 Å². The molecule has 1 rings (SSSR count). The number of aliphatic hydroxyl groups excluding tert-OH is 4. The number of hydrogen-bond acceptors (Lipinski definition) is 6. The lowest BCUT2D eigenvalue weighted by Crippen LogP contribution is -2.61. The molecule has 0 aromatic heterocycles. The fourth-order valence-electron chi connectivity index (χ4n) is 1.12. The van der Waals surface area contributed by atoms with E-state index in [1.807, 2.05) is 0 Å². The summed E-state index contributed by atoms with van der Waals surface area (Å²) in [6, 6.07) is -1.04. The Morgan fingerprint density at radius 3 is 2.25 bits per heavy atom. The van der Waals surface area contributed by atoms with Gasteiger partial charge in [-0.25, -0.2) is 0 Å². The molecule has 12 heavy (non-hydrogen) atoms. The Hall–Kier alpha value is -0.240. The Bertz CT molecular complexity index is 150. The molecule has 1 fully saturated rings. The second kappa shape index (κ2) is 3.65. The van der Waals surface area contributed by atoms with Crippen molar-refractivity contribution in [3.05, 3.63) is 0 Å². The molecule has 1 aliphatic rings. The standard InChI is InChI=1S/C6H13NO5/c7-3-5(10)4(9)2(1-8)12-6(3)11/h2-6,8-11H,1,7H2/t2?,3-,4?,5?,6+/m1/s1. The first-order chi connectivity index (χ1) is 5.57. The summed E-state index contributed by atoms with van der Waals surface area (Å²) in [5.74, 6) is 0. The predicted octanol–water partition coefficient (Wildman–Crippen LogP) is -3.26. The maximum absolute atomic E-state index is 9.20. The van der Waals surface area contributed by atoms with Crippen LogP contribution < -0.4 is 5.73 Å². The molecule has 0 aromatic rings. The molecule has 0 radical (unpaired) electrons. The van der Waals surface area contributed by atoms with Crippen LogP contribution in [0.15, 0.2) is 0 Å². The van der Waals surface area contributed by atoms with Crippen molar-refractivity contribution in [2.24, 2.45) is 5.73 Å². The van der Waals surface area contributed by atoms with E-state index in [4.69, 9.17) is 20.7 Å². The fourth-order valence-corrected chi connectivity index (χ4v) is 1.12. The lowest BCUT2D eigenvalue weighted by Gasteiger charge is -2.38. The van der Waals surface area contributed by atoms with Crippen LogP contribution in [0.5, 0.6) is 0 Å². The number of rotatable bonds is 1. The third-order valence-corrected chi connectivity index (χ3v) is 1.95. The van der Waals surface area contributed by atoms with E-state index in [1.54, 1.807) is 0 Å². The first-order valence-electron chi connectivity index (χ1n) is 3.64. The highest BCUT2D eigenvalue weighted by molar-refractivity contribution is 4.90. The van der Waals surface area contributed by atoms with E-state index in [0.717, 1.165) is 0 Å². The van der Waals surface area contributed by atoms with E-state index < -0.39 is 37.3 Å². The van der Waals surface area contributed by atoms with Gasteiger partial charge in [-0.3, -0.25) is 0 Å². The zero-order chi connectivity index (χ0) is 9.30. The van der Waals surface area contributed by atoms with Gasteiger partial charge in [0, 0.05) is 0 Å². The number of ether oxygens (including phenoxy) is 1. The Kier molecular flexibility index (Phi) is 2.99. The quantitative estimate of drug-likeness (QED) is 0.288. The van der Waals surface area contributed by atoms with Crippen LogP contribution in [0.4, 0.5) is 0 Å².